The van der Waals surface area contributed by atoms with E-state index in [2.05, 4.69) is 12.2 Å². The Kier molecular flexibility index (Phi) is 3.87. The SMILES string of the molecule is CNCC(C)C1CCCCO1. The van der Waals surface area contributed by atoms with Gasteiger partial charge in [0.25, 0.3) is 0 Å². The summed E-state index contributed by atoms with van der Waals surface area (Å²) in [6.45, 7) is 4.30. The van der Waals surface area contributed by atoms with Crippen molar-refractivity contribution in [1.29, 1.82) is 0 Å². The standard InChI is InChI=1S/C9H19NO/c1-8(7-10-2)9-5-3-4-6-11-9/h8-10H,3-7H2,1-2H3. The van der Waals surface area contributed by atoms with Crippen LogP contribution in [-0.4, -0.2) is 26.3 Å². The highest BCUT2D eigenvalue weighted by atomic mass is 16.5. The maximum absolute atomic E-state index is 5.65. The third-order valence-corrected chi connectivity index (χ3v) is 2.38. The van der Waals surface area contributed by atoms with E-state index in [1.54, 1.807) is 0 Å². The van der Waals surface area contributed by atoms with Crippen molar-refractivity contribution in [2.45, 2.75) is 32.3 Å². The summed E-state index contributed by atoms with van der Waals surface area (Å²) in [5.74, 6) is 0.667. The minimum Gasteiger partial charge on any atom is -0.378 e. The van der Waals surface area contributed by atoms with E-state index in [1.165, 1.54) is 19.3 Å². The zero-order valence-electron chi connectivity index (χ0n) is 7.60. The van der Waals surface area contributed by atoms with Crippen LogP contribution in [0.15, 0.2) is 0 Å². The summed E-state index contributed by atoms with van der Waals surface area (Å²) in [6.07, 6.45) is 4.36. The van der Waals surface area contributed by atoms with Gasteiger partial charge in [-0.3, -0.25) is 0 Å². The number of rotatable bonds is 3. The van der Waals surface area contributed by atoms with Crippen molar-refractivity contribution in [2.75, 3.05) is 20.2 Å². The first-order chi connectivity index (χ1) is 5.34. The molecule has 0 amide bonds. The predicted octanol–water partition coefficient (Wildman–Crippen LogP) is 1.41. The van der Waals surface area contributed by atoms with E-state index in [1.807, 2.05) is 7.05 Å². The number of ether oxygens (including phenoxy) is 1. The van der Waals surface area contributed by atoms with E-state index in [4.69, 9.17) is 4.74 Å². The molecule has 1 heterocycles. The van der Waals surface area contributed by atoms with Gasteiger partial charge in [0.05, 0.1) is 6.10 Å². The van der Waals surface area contributed by atoms with Gasteiger partial charge in [-0.25, -0.2) is 0 Å². The quantitative estimate of drug-likeness (QED) is 0.669. The Labute approximate surface area is 69.3 Å². The van der Waals surface area contributed by atoms with Crippen LogP contribution < -0.4 is 5.32 Å². The molecular weight excluding hydrogens is 138 g/mol. The fourth-order valence-electron chi connectivity index (χ4n) is 1.67. The average Bonchev–Trinajstić information content (AvgIpc) is 2.07. The fraction of sp³-hybridized carbons (Fsp3) is 1.00. The van der Waals surface area contributed by atoms with E-state index in [0.29, 0.717) is 12.0 Å². The molecule has 1 fully saturated rings. The van der Waals surface area contributed by atoms with Crippen LogP contribution in [0.2, 0.25) is 0 Å². The van der Waals surface area contributed by atoms with Gasteiger partial charge in [-0.15, -0.1) is 0 Å². The van der Waals surface area contributed by atoms with E-state index in [0.717, 1.165) is 13.2 Å². The van der Waals surface area contributed by atoms with Crippen LogP contribution in [0, 0.1) is 5.92 Å². The molecule has 0 spiro atoms. The smallest absolute Gasteiger partial charge is 0.0612 e. The first kappa shape index (κ1) is 9.01. The molecule has 0 radical (unpaired) electrons. The Morgan fingerprint density at radius 3 is 2.91 bits per heavy atom. The number of nitrogens with one attached hydrogen (secondary N) is 1. The molecule has 1 rings (SSSR count). The second-order valence-electron chi connectivity index (χ2n) is 3.44. The lowest BCUT2D eigenvalue weighted by Crippen LogP contribution is -2.32. The summed E-state index contributed by atoms with van der Waals surface area (Å²) < 4.78 is 5.65. The molecule has 0 bridgehead atoms. The zero-order chi connectivity index (χ0) is 8.10. The molecule has 0 aromatic carbocycles. The van der Waals surface area contributed by atoms with Crippen molar-refractivity contribution in [1.82, 2.24) is 5.32 Å². The van der Waals surface area contributed by atoms with Crippen LogP contribution in [0.25, 0.3) is 0 Å². The molecule has 1 aliphatic heterocycles. The van der Waals surface area contributed by atoms with Crippen LogP contribution in [0.4, 0.5) is 0 Å². The second kappa shape index (κ2) is 4.73. The predicted molar refractivity (Wildman–Crippen MR) is 46.7 cm³/mol. The molecule has 2 unspecified atom stereocenters. The summed E-state index contributed by atoms with van der Waals surface area (Å²) >= 11 is 0. The summed E-state index contributed by atoms with van der Waals surface area (Å²) in [6, 6.07) is 0. The molecule has 1 N–H and O–H groups in total. The highest BCUT2D eigenvalue weighted by molar-refractivity contribution is 4.70. The van der Waals surface area contributed by atoms with Gasteiger partial charge < -0.3 is 10.1 Å². The minimum absolute atomic E-state index is 0.510. The van der Waals surface area contributed by atoms with E-state index < -0.39 is 0 Å². The number of hydrogen-bond acceptors (Lipinski definition) is 2. The fourth-order valence-corrected chi connectivity index (χ4v) is 1.67. The number of hydrogen-bond donors (Lipinski definition) is 1. The Balaban J connectivity index is 2.21. The molecule has 1 saturated heterocycles. The monoisotopic (exact) mass is 157 g/mol. The summed E-state index contributed by atoms with van der Waals surface area (Å²) in [5.41, 5.74) is 0. The molecule has 0 aromatic rings. The van der Waals surface area contributed by atoms with Crippen LogP contribution in [0.3, 0.4) is 0 Å². The van der Waals surface area contributed by atoms with Crippen molar-refractivity contribution in [3.63, 3.8) is 0 Å². The van der Waals surface area contributed by atoms with Crippen LogP contribution >= 0.6 is 0 Å². The van der Waals surface area contributed by atoms with Gasteiger partial charge in [-0.2, -0.15) is 0 Å². The van der Waals surface area contributed by atoms with Gasteiger partial charge >= 0.3 is 0 Å². The van der Waals surface area contributed by atoms with Crippen molar-refractivity contribution >= 4 is 0 Å². The molecule has 11 heavy (non-hydrogen) atoms. The largest absolute Gasteiger partial charge is 0.378 e. The van der Waals surface area contributed by atoms with Gasteiger partial charge in [0.1, 0.15) is 0 Å². The zero-order valence-corrected chi connectivity index (χ0v) is 7.60. The molecular formula is C9H19NO. The maximum atomic E-state index is 5.65. The summed E-state index contributed by atoms with van der Waals surface area (Å²) in [4.78, 5) is 0. The van der Waals surface area contributed by atoms with Gasteiger partial charge in [-0.1, -0.05) is 6.92 Å². The van der Waals surface area contributed by atoms with Crippen molar-refractivity contribution < 1.29 is 4.74 Å². The molecule has 2 atom stereocenters. The lowest BCUT2D eigenvalue weighted by molar-refractivity contribution is -0.0154. The van der Waals surface area contributed by atoms with E-state index in [9.17, 15) is 0 Å². The van der Waals surface area contributed by atoms with Crippen molar-refractivity contribution in [3.05, 3.63) is 0 Å². The molecule has 0 aliphatic carbocycles. The minimum atomic E-state index is 0.510. The normalized spacial score (nSPS) is 28.4. The van der Waals surface area contributed by atoms with Crippen molar-refractivity contribution in [2.24, 2.45) is 5.92 Å². The molecule has 0 saturated carbocycles. The molecule has 66 valence electrons. The van der Waals surface area contributed by atoms with Gasteiger partial charge in [0, 0.05) is 6.61 Å². The summed E-state index contributed by atoms with van der Waals surface area (Å²) in [5, 5.41) is 3.18. The van der Waals surface area contributed by atoms with Gasteiger partial charge in [0.15, 0.2) is 0 Å². The Morgan fingerprint density at radius 2 is 2.36 bits per heavy atom. The Morgan fingerprint density at radius 1 is 1.55 bits per heavy atom. The lowest BCUT2D eigenvalue weighted by atomic mass is 9.97. The highest BCUT2D eigenvalue weighted by Gasteiger charge is 2.19. The topological polar surface area (TPSA) is 21.3 Å². The van der Waals surface area contributed by atoms with Gasteiger partial charge in [-0.05, 0) is 38.8 Å². The Bertz CT molecular complexity index is 99.7. The first-order valence-electron chi connectivity index (χ1n) is 4.61. The van der Waals surface area contributed by atoms with E-state index >= 15 is 0 Å². The van der Waals surface area contributed by atoms with Crippen LogP contribution in [-0.2, 0) is 4.74 Å². The molecule has 0 aromatic heterocycles. The molecule has 2 nitrogen and oxygen atoms in total. The summed E-state index contributed by atoms with van der Waals surface area (Å²) in [7, 11) is 2.00. The highest BCUT2D eigenvalue weighted by Crippen LogP contribution is 2.19. The van der Waals surface area contributed by atoms with Crippen LogP contribution in [0.5, 0.6) is 0 Å². The van der Waals surface area contributed by atoms with Crippen LogP contribution in [0.1, 0.15) is 26.2 Å². The molecule has 1 aliphatic rings. The lowest BCUT2D eigenvalue weighted by Gasteiger charge is -2.27. The van der Waals surface area contributed by atoms with Gasteiger partial charge in [0.2, 0.25) is 0 Å². The van der Waals surface area contributed by atoms with Crippen molar-refractivity contribution in [3.8, 4) is 0 Å². The maximum Gasteiger partial charge on any atom is 0.0612 e. The first-order valence-corrected chi connectivity index (χ1v) is 4.61. The van der Waals surface area contributed by atoms with E-state index in [-0.39, 0.29) is 0 Å². The Hall–Kier alpha value is -0.0800. The third kappa shape index (κ3) is 2.80. The molecule has 2 heteroatoms. The second-order valence-corrected chi connectivity index (χ2v) is 3.44. The third-order valence-electron chi connectivity index (χ3n) is 2.38. The average molecular weight is 157 g/mol.